The van der Waals surface area contributed by atoms with Gasteiger partial charge in [0.05, 0.1) is 11.1 Å². The fraction of sp³-hybridized carbons (Fsp3) is 0.424. The molecular weight excluding hydrogens is 498 g/mol. The molecule has 2 aliphatic carbocycles. The first-order chi connectivity index (χ1) is 19.6. The summed E-state index contributed by atoms with van der Waals surface area (Å²) in [4.78, 5) is 20.3. The minimum absolute atomic E-state index is 0.0585. The third-order valence-electron chi connectivity index (χ3n) is 9.76. The lowest BCUT2D eigenvalue weighted by molar-refractivity contribution is 0.0932. The van der Waals surface area contributed by atoms with Crippen LogP contribution in [0.25, 0.3) is 33.4 Å². The molecule has 1 amide bonds. The second kappa shape index (κ2) is 9.16. The molecule has 1 spiro atoms. The third kappa shape index (κ3) is 4.10. The molecule has 8 rings (SSSR count). The van der Waals surface area contributed by atoms with Gasteiger partial charge >= 0.3 is 0 Å². The minimum Gasteiger partial charge on any atom is -0.490 e. The predicted octanol–water partition coefficient (Wildman–Crippen LogP) is 5.68. The van der Waals surface area contributed by atoms with Crippen LogP contribution in [0.5, 0.6) is 5.75 Å². The summed E-state index contributed by atoms with van der Waals surface area (Å²) in [7, 11) is 0. The molecule has 2 N–H and O–H groups in total. The summed E-state index contributed by atoms with van der Waals surface area (Å²) in [6, 6.07) is 16.3. The number of carbonyl (C=O) groups excluding carboxylic acids is 1. The fourth-order valence-corrected chi connectivity index (χ4v) is 7.14. The van der Waals surface area contributed by atoms with E-state index in [1.165, 1.54) is 48.9 Å². The number of nitrogens with zero attached hydrogens (tertiary/aromatic N) is 3. The zero-order valence-corrected chi connectivity index (χ0v) is 23.0. The number of benzene rings is 2. The van der Waals surface area contributed by atoms with E-state index in [4.69, 9.17) is 9.72 Å². The Hall–Kier alpha value is -3.71. The van der Waals surface area contributed by atoms with Crippen molar-refractivity contribution in [2.45, 2.75) is 75.9 Å². The third-order valence-corrected chi connectivity index (χ3v) is 9.76. The van der Waals surface area contributed by atoms with Gasteiger partial charge in [-0.05, 0) is 99.7 Å². The van der Waals surface area contributed by atoms with E-state index >= 15 is 0 Å². The molecule has 2 aliphatic heterocycles. The number of aromatic amines is 1. The Kier molecular flexibility index (Phi) is 5.53. The smallest absolute Gasteiger partial charge is 0.255 e. The summed E-state index contributed by atoms with van der Waals surface area (Å²) in [5, 5.41) is 11.8. The Morgan fingerprint density at radius 3 is 2.65 bits per heavy atom. The molecule has 4 aromatic rings. The van der Waals surface area contributed by atoms with Gasteiger partial charge < -0.3 is 10.1 Å². The first-order valence-corrected chi connectivity index (χ1v) is 14.9. The van der Waals surface area contributed by atoms with Crippen molar-refractivity contribution in [1.29, 1.82) is 0 Å². The fourth-order valence-electron chi connectivity index (χ4n) is 7.14. The van der Waals surface area contributed by atoms with Gasteiger partial charge in [0.15, 0.2) is 5.65 Å². The number of amides is 1. The van der Waals surface area contributed by atoms with Crippen LogP contribution in [0.3, 0.4) is 0 Å². The van der Waals surface area contributed by atoms with E-state index < -0.39 is 0 Å². The van der Waals surface area contributed by atoms with Crippen molar-refractivity contribution in [3.63, 3.8) is 0 Å². The van der Waals surface area contributed by atoms with Crippen molar-refractivity contribution < 1.29 is 9.53 Å². The van der Waals surface area contributed by atoms with Crippen molar-refractivity contribution in [2.24, 2.45) is 0 Å². The van der Waals surface area contributed by atoms with E-state index in [9.17, 15) is 4.79 Å². The standard InChI is InChI=1S/C33H35N5O2/c1-20-3-2-14-38(20)26-9-6-21-4-5-23(15-22(21)7-10-26)25-16-28-30(36-37-31(28)34-18-25)24-8-11-27-29(17-24)40-19-33(12-13-33)35-32(27)39/h4-5,8,11,15-18,20,26H,2-3,6-7,9-10,12-14,19H2,1H3,(H,35,39)(H,34,36,37)/t20-,26?/m1/s1. The zero-order chi connectivity index (χ0) is 26.8. The highest BCUT2D eigenvalue weighted by Crippen LogP contribution is 2.40. The summed E-state index contributed by atoms with van der Waals surface area (Å²) in [6.07, 6.45) is 11.4. The van der Waals surface area contributed by atoms with Crippen LogP contribution >= 0.6 is 0 Å². The van der Waals surface area contributed by atoms with Crippen molar-refractivity contribution >= 4 is 16.9 Å². The average molecular weight is 534 g/mol. The summed E-state index contributed by atoms with van der Waals surface area (Å²) in [5.74, 6) is 0.559. The van der Waals surface area contributed by atoms with E-state index in [0.717, 1.165) is 59.6 Å². The van der Waals surface area contributed by atoms with Gasteiger partial charge in [-0.15, -0.1) is 0 Å². The van der Waals surface area contributed by atoms with Crippen LogP contribution in [-0.4, -0.2) is 56.8 Å². The number of H-pyrrole nitrogens is 1. The minimum atomic E-state index is -0.185. The number of carbonyl (C=O) groups is 1. The van der Waals surface area contributed by atoms with Gasteiger partial charge in [-0.3, -0.25) is 14.8 Å². The molecule has 40 heavy (non-hydrogen) atoms. The Labute approximate surface area is 234 Å². The number of ether oxygens (including phenoxy) is 1. The van der Waals surface area contributed by atoms with Gasteiger partial charge in [0, 0.05) is 34.8 Å². The Morgan fingerprint density at radius 1 is 0.975 bits per heavy atom. The maximum Gasteiger partial charge on any atom is 0.255 e. The number of hydrogen-bond donors (Lipinski definition) is 2. The summed E-state index contributed by atoms with van der Waals surface area (Å²) >= 11 is 0. The first kappa shape index (κ1) is 24.1. The lowest BCUT2D eigenvalue weighted by Crippen LogP contribution is -2.38. The van der Waals surface area contributed by atoms with Crippen molar-refractivity contribution in [1.82, 2.24) is 25.4 Å². The number of hydrogen-bond acceptors (Lipinski definition) is 5. The predicted molar refractivity (Wildman–Crippen MR) is 156 cm³/mol. The molecule has 2 atom stereocenters. The highest BCUT2D eigenvalue weighted by atomic mass is 16.5. The maximum absolute atomic E-state index is 12.8. The molecule has 2 aromatic carbocycles. The number of likely N-dealkylation sites (tertiary alicyclic amines) is 1. The molecule has 1 unspecified atom stereocenters. The van der Waals surface area contributed by atoms with Crippen LogP contribution < -0.4 is 10.1 Å². The van der Waals surface area contributed by atoms with Gasteiger partial charge in [-0.2, -0.15) is 5.10 Å². The van der Waals surface area contributed by atoms with Gasteiger partial charge in [0.1, 0.15) is 18.1 Å². The molecule has 4 aliphatic rings. The van der Waals surface area contributed by atoms with Gasteiger partial charge in [-0.25, -0.2) is 4.98 Å². The SMILES string of the molecule is C[C@@H]1CCCN1C1CCc2ccc(-c3cnc4[nH]nc(-c5ccc6c(c5)OCC5(CC5)NC6=O)c4c3)cc2CC1. The number of nitrogens with one attached hydrogen (secondary N) is 2. The Balaban J connectivity index is 1.09. The molecule has 204 valence electrons. The second-order valence-corrected chi connectivity index (χ2v) is 12.4. The highest BCUT2D eigenvalue weighted by Gasteiger charge is 2.47. The van der Waals surface area contributed by atoms with Crippen LogP contribution in [0, 0.1) is 0 Å². The number of aryl methyl sites for hydroxylation is 2. The molecule has 7 heteroatoms. The van der Waals surface area contributed by atoms with Crippen molar-refractivity contribution in [2.75, 3.05) is 13.2 Å². The van der Waals surface area contributed by atoms with Crippen LogP contribution in [0.15, 0.2) is 48.7 Å². The second-order valence-electron chi connectivity index (χ2n) is 12.4. The maximum atomic E-state index is 12.8. The van der Waals surface area contributed by atoms with Crippen LogP contribution in [-0.2, 0) is 12.8 Å². The number of aromatic nitrogens is 3. The van der Waals surface area contributed by atoms with E-state index in [1.54, 1.807) is 0 Å². The quantitative estimate of drug-likeness (QED) is 0.331. The molecule has 1 saturated heterocycles. The lowest BCUT2D eigenvalue weighted by atomic mass is 9.96. The number of rotatable bonds is 3. The molecule has 0 bridgehead atoms. The number of pyridine rings is 1. The van der Waals surface area contributed by atoms with Crippen LogP contribution in [0.2, 0.25) is 0 Å². The van der Waals surface area contributed by atoms with E-state index in [1.807, 2.05) is 24.4 Å². The van der Waals surface area contributed by atoms with E-state index in [-0.39, 0.29) is 11.4 Å². The summed E-state index contributed by atoms with van der Waals surface area (Å²) < 4.78 is 6.11. The zero-order valence-electron chi connectivity index (χ0n) is 23.0. The van der Waals surface area contributed by atoms with E-state index in [0.29, 0.717) is 24.0 Å². The average Bonchev–Trinajstić information content (AvgIpc) is 3.52. The highest BCUT2D eigenvalue weighted by molar-refractivity contribution is 6.00. The van der Waals surface area contributed by atoms with Crippen LogP contribution in [0.4, 0.5) is 0 Å². The van der Waals surface area contributed by atoms with Gasteiger partial charge in [0.2, 0.25) is 0 Å². The topological polar surface area (TPSA) is 83.1 Å². The van der Waals surface area contributed by atoms with Crippen LogP contribution in [0.1, 0.15) is 66.9 Å². The van der Waals surface area contributed by atoms with Gasteiger partial charge in [-0.1, -0.05) is 24.3 Å². The molecule has 2 fully saturated rings. The van der Waals surface area contributed by atoms with Crippen molar-refractivity contribution in [3.8, 4) is 28.1 Å². The largest absolute Gasteiger partial charge is 0.490 e. The lowest BCUT2D eigenvalue weighted by Gasteiger charge is -2.30. The van der Waals surface area contributed by atoms with Gasteiger partial charge in [0.25, 0.3) is 5.91 Å². The molecular formula is C33H35N5O2. The first-order valence-electron chi connectivity index (χ1n) is 14.9. The van der Waals surface area contributed by atoms with Crippen molar-refractivity contribution in [3.05, 3.63) is 65.4 Å². The molecule has 4 heterocycles. The normalized spacial score (nSPS) is 23.7. The summed E-state index contributed by atoms with van der Waals surface area (Å²) in [5.41, 5.74) is 8.14. The monoisotopic (exact) mass is 533 g/mol. The Bertz CT molecular complexity index is 1640. The van der Waals surface area contributed by atoms with E-state index in [2.05, 4.69) is 51.6 Å². The molecule has 0 radical (unpaired) electrons. The Morgan fingerprint density at radius 2 is 1.82 bits per heavy atom. The molecule has 7 nitrogen and oxygen atoms in total. The number of fused-ring (bicyclic) bond motifs is 3. The molecule has 1 saturated carbocycles. The molecule has 2 aromatic heterocycles. The summed E-state index contributed by atoms with van der Waals surface area (Å²) in [6.45, 7) is 4.17.